The van der Waals surface area contributed by atoms with Crippen molar-refractivity contribution >= 4 is 56.0 Å². The summed E-state index contributed by atoms with van der Waals surface area (Å²) < 4.78 is 0. The maximum absolute atomic E-state index is 11.8. The number of carbonyl (C=O) groups excluding carboxylic acids is 4. The molecule has 0 radical (unpaired) electrons. The molecule has 0 aromatic rings. The van der Waals surface area contributed by atoms with E-state index in [-0.39, 0.29) is 24.4 Å². The van der Waals surface area contributed by atoms with Crippen LogP contribution < -0.4 is 0 Å². The minimum Gasteiger partial charge on any atom is -0.298 e. The fourth-order valence-corrected chi connectivity index (χ4v) is 3.95. The molecule has 0 aromatic heterocycles. The third kappa shape index (κ3) is 4.16. The van der Waals surface area contributed by atoms with Crippen molar-refractivity contribution in [2.45, 2.75) is 25.7 Å². The first-order chi connectivity index (χ1) is 11.5. The van der Waals surface area contributed by atoms with Gasteiger partial charge in [-0.1, -0.05) is 31.9 Å². The molecule has 126 valence electrons. The van der Waals surface area contributed by atoms with Crippen LogP contribution in [0.4, 0.5) is 0 Å². The summed E-state index contributed by atoms with van der Waals surface area (Å²) in [4.78, 5) is 46.5. The van der Waals surface area contributed by atoms with Crippen molar-refractivity contribution < 1.29 is 19.2 Å². The first kappa shape index (κ1) is 18.9. The van der Waals surface area contributed by atoms with Crippen LogP contribution in [0, 0.1) is 0 Å². The lowest BCUT2D eigenvalue weighted by Crippen LogP contribution is -2.13. The van der Waals surface area contributed by atoms with Crippen molar-refractivity contribution in [1.29, 1.82) is 0 Å². The van der Waals surface area contributed by atoms with E-state index in [1.54, 1.807) is 0 Å². The van der Waals surface area contributed by atoms with Crippen molar-refractivity contribution in [1.82, 2.24) is 0 Å². The van der Waals surface area contributed by atoms with Gasteiger partial charge in [0.2, 0.25) is 0 Å². The molecule has 0 saturated heterocycles. The van der Waals surface area contributed by atoms with Gasteiger partial charge in [-0.2, -0.15) is 0 Å². The van der Waals surface area contributed by atoms with Gasteiger partial charge in [0, 0.05) is 34.6 Å². The number of rotatable bonds is 7. The topological polar surface area (TPSA) is 68.3 Å². The molecule has 2 aliphatic carbocycles. The summed E-state index contributed by atoms with van der Waals surface area (Å²) in [5.41, 5.74) is 3.97. The fraction of sp³-hybridized carbons (Fsp3) is 0.333. The smallest absolute Gasteiger partial charge is 0.160 e. The van der Waals surface area contributed by atoms with Crippen LogP contribution in [0.1, 0.15) is 25.7 Å². The van der Waals surface area contributed by atoms with Gasteiger partial charge in [0.15, 0.2) is 11.6 Å². The maximum atomic E-state index is 11.8. The molecule has 6 heteroatoms. The van der Waals surface area contributed by atoms with E-state index < -0.39 is 0 Å². The van der Waals surface area contributed by atoms with Crippen molar-refractivity contribution in [2.75, 3.05) is 10.7 Å². The highest BCUT2D eigenvalue weighted by atomic mass is 79.9. The number of hydrogen-bond acceptors (Lipinski definition) is 4. The van der Waals surface area contributed by atoms with Gasteiger partial charge in [0.1, 0.15) is 12.6 Å². The number of alkyl halides is 2. The van der Waals surface area contributed by atoms with Gasteiger partial charge in [0.25, 0.3) is 0 Å². The number of aldehydes is 2. The molecule has 0 aromatic carbocycles. The zero-order valence-corrected chi connectivity index (χ0v) is 16.1. The van der Waals surface area contributed by atoms with Crippen LogP contribution in [0.15, 0.2) is 45.6 Å². The molecule has 0 saturated carbocycles. The van der Waals surface area contributed by atoms with Crippen LogP contribution in [-0.2, 0) is 19.2 Å². The molecule has 0 amide bonds. The van der Waals surface area contributed by atoms with Crippen molar-refractivity contribution in [3.63, 3.8) is 0 Å². The van der Waals surface area contributed by atoms with E-state index in [1.165, 1.54) is 12.2 Å². The summed E-state index contributed by atoms with van der Waals surface area (Å²) >= 11 is 6.62. The Morgan fingerprint density at radius 3 is 1.46 bits per heavy atom. The Bertz CT molecular complexity index is 661. The van der Waals surface area contributed by atoms with E-state index in [4.69, 9.17) is 0 Å². The Labute approximate surface area is 157 Å². The van der Waals surface area contributed by atoms with Crippen molar-refractivity contribution in [3.05, 3.63) is 45.6 Å². The molecule has 0 atom stereocenters. The van der Waals surface area contributed by atoms with Crippen LogP contribution in [0.2, 0.25) is 0 Å². The standard InChI is InChI=1S/C18H16Br2O4/c19-7-13-5-15(23)3-11(17(13)9-21)1-2-12-4-16(24)6-14(8-20)18(12)10-22/h3-4,9-10H,1-2,5-8H2. The van der Waals surface area contributed by atoms with Gasteiger partial charge in [0.05, 0.1) is 0 Å². The Hall–Kier alpha value is -1.40. The molecule has 4 nitrogen and oxygen atoms in total. The molecule has 0 N–H and O–H groups in total. The van der Waals surface area contributed by atoms with Crippen LogP contribution in [0.25, 0.3) is 0 Å². The summed E-state index contributed by atoms with van der Waals surface area (Å²) in [5.74, 6) is -0.0721. The Kier molecular flexibility index (Phi) is 6.80. The molecule has 0 aliphatic heterocycles. The number of halogens is 2. The summed E-state index contributed by atoms with van der Waals surface area (Å²) in [6.07, 6.45) is 5.90. The molecule has 0 fully saturated rings. The highest BCUT2D eigenvalue weighted by molar-refractivity contribution is 9.09. The van der Waals surface area contributed by atoms with E-state index in [2.05, 4.69) is 31.9 Å². The molecule has 0 spiro atoms. The molecule has 0 unspecified atom stereocenters. The average molecular weight is 456 g/mol. The lowest BCUT2D eigenvalue weighted by molar-refractivity contribution is -0.115. The molecule has 0 bridgehead atoms. The highest BCUT2D eigenvalue weighted by Crippen LogP contribution is 2.31. The molecule has 0 heterocycles. The molecule has 2 rings (SSSR count). The molecule has 24 heavy (non-hydrogen) atoms. The average Bonchev–Trinajstić information content (AvgIpc) is 2.58. The van der Waals surface area contributed by atoms with E-state index in [9.17, 15) is 19.2 Å². The van der Waals surface area contributed by atoms with E-state index in [1.807, 2.05) is 0 Å². The zero-order valence-electron chi connectivity index (χ0n) is 12.9. The van der Waals surface area contributed by atoms with E-state index >= 15 is 0 Å². The molecule has 2 aliphatic rings. The minimum absolute atomic E-state index is 0.0361. The van der Waals surface area contributed by atoms with Gasteiger partial charge in [-0.3, -0.25) is 19.2 Å². The maximum Gasteiger partial charge on any atom is 0.160 e. The quantitative estimate of drug-likeness (QED) is 0.436. The summed E-state index contributed by atoms with van der Waals surface area (Å²) in [5, 5.41) is 0.942. The highest BCUT2D eigenvalue weighted by Gasteiger charge is 2.23. The SMILES string of the molecule is O=CC1=C(CBr)CC(=O)C=C1CCC1=CC(=O)CC(CBr)=C1C=O. The predicted molar refractivity (Wildman–Crippen MR) is 98.4 cm³/mol. The Morgan fingerprint density at radius 2 is 1.17 bits per heavy atom. The first-order valence-corrected chi connectivity index (χ1v) is 9.72. The zero-order chi connectivity index (χ0) is 17.7. The van der Waals surface area contributed by atoms with Crippen molar-refractivity contribution in [3.8, 4) is 0 Å². The van der Waals surface area contributed by atoms with Crippen LogP contribution in [-0.4, -0.2) is 34.8 Å². The van der Waals surface area contributed by atoms with Gasteiger partial charge in [-0.05, 0) is 47.3 Å². The van der Waals surface area contributed by atoms with Crippen LogP contribution in [0.5, 0.6) is 0 Å². The summed E-state index contributed by atoms with van der Waals surface area (Å²) in [7, 11) is 0. The predicted octanol–water partition coefficient (Wildman–Crippen LogP) is 3.35. The lowest BCUT2D eigenvalue weighted by atomic mass is 9.85. The van der Waals surface area contributed by atoms with Crippen LogP contribution in [0.3, 0.4) is 0 Å². The fourth-order valence-electron chi connectivity index (χ4n) is 2.95. The largest absolute Gasteiger partial charge is 0.298 e. The monoisotopic (exact) mass is 454 g/mol. The van der Waals surface area contributed by atoms with E-state index in [0.717, 1.165) is 23.7 Å². The van der Waals surface area contributed by atoms with Crippen LogP contribution >= 0.6 is 31.9 Å². The summed E-state index contributed by atoms with van der Waals surface area (Å²) in [6.45, 7) is 0. The van der Waals surface area contributed by atoms with Gasteiger partial charge in [-0.15, -0.1) is 0 Å². The minimum atomic E-state index is -0.0361. The Morgan fingerprint density at radius 1 is 0.792 bits per heavy atom. The summed E-state index contributed by atoms with van der Waals surface area (Å²) in [6, 6.07) is 0. The van der Waals surface area contributed by atoms with E-state index in [0.29, 0.717) is 45.8 Å². The second kappa shape index (κ2) is 8.62. The van der Waals surface area contributed by atoms with Gasteiger partial charge >= 0.3 is 0 Å². The lowest BCUT2D eigenvalue weighted by Gasteiger charge is -2.19. The third-order valence-corrected chi connectivity index (χ3v) is 5.48. The normalized spacial score (nSPS) is 18.6. The first-order valence-electron chi connectivity index (χ1n) is 7.47. The number of ketones is 2. The van der Waals surface area contributed by atoms with Crippen molar-refractivity contribution in [2.24, 2.45) is 0 Å². The number of hydrogen-bond donors (Lipinski definition) is 0. The Balaban J connectivity index is 2.26. The van der Waals surface area contributed by atoms with Gasteiger partial charge in [-0.25, -0.2) is 0 Å². The van der Waals surface area contributed by atoms with Gasteiger partial charge < -0.3 is 0 Å². The second-order valence-corrected chi connectivity index (χ2v) is 6.78. The third-order valence-electron chi connectivity index (χ3n) is 4.12. The second-order valence-electron chi connectivity index (χ2n) is 5.66. The molecular weight excluding hydrogens is 440 g/mol. The molecular formula is C18H16Br2O4. The number of allylic oxidation sites excluding steroid dienone is 8. The number of carbonyl (C=O) groups is 4.